The average molecular weight is 144 g/mol. The molecule has 0 saturated heterocycles. The molecule has 0 aliphatic heterocycles. The van der Waals surface area contributed by atoms with Gasteiger partial charge in [0.1, 0.15) is 0 Å². The van der Waals surface area contributed by atoms with Gasteiger partial charge in [0.15, 0.2) is 0 Å². The van der Waals surface area contributed by atoms with Crippen LogP contribution < -0.4 is 11.1 Å². The Hall–Kier alpha value is -0.380. The van der Waals surface area contributed by atoms with E-state index in [4.69, 9.17) is 10.8 Å². The first kappa shape index (κ1) is 9.62. The normalized spacial score (nSPS) is 11.0. The smallest absolute Gasteiger partial charge is 0.0612 e. The Labute approximate surface area is 61.9 Å². The van der Waals surface area contributed by atoms with Crippen LogP contribution in [0.15, 0.2) is 12.2 Å². The van der Waals surface area contributed by atoms with Crippen molar-refractivity contribution in [3.05, 3.63) is 12.2 Å². The Morgan fingerprint density at radius 1 is 1.40 bits per heavy atom. The van der Waals surface area contributed by atoms with Gasteiger partial charge < -0.3 is 16.2 Å². The highest BCUT2D eigenvalue weighted by molar-refractivity contribution is 4.82. The molecule has 0 fully saturated rings. The fraction of sp³-hybridized carbons (Fsp3) is 0.714. The molecule has 0 aromatic rings. The van der Waals surface area contributed by atoms with E-state index in [-0.39, 0.29) is 6.61 Å². The van der Waals surface area contributed by atoms with Gasteiger partial charge in [-0.25, -0.2) is 0 Å². The first-order valence-corrected chi connectivity index (χ1v) is 3.58. The largest absolute Gasteiger partial charge is 0.392 e. The fourth-order valence-electron chi connectivity index (χ4n) is 0.570. The average Bonchev–Trinajstić information content (AvgIpc) is 1.97. The van der Waals surface area contributed by atoms with E-state index in [0.717, 1.165) is 26.1 Å². The van der Waals surface area contributed by atoms with E-state index in [9.17, 15) is 0 Å². The molecule has 0 rings (SSSR count). The lowest BCUT2D eigenvalue weighted by Crippen LogP contribution is -2.17. The minimum atomic E-state index is 0.124. The van der Waals surface area contributed by atoms with E-state index in [2.05, 4.69) is 5.32 Å². The summed E-state index contributed by atoms with van der Waals surface area (Å²) in [5.74, 6) is 0. The second kappa shape index (κ2) is 8.62. The van der Waals surface area contributed by atoms with E-state index >= 15 is 0 Å². The van der Waals surface area contributed by atoms with Gasteiger partial charge in [-0.15, -0.1) is 0 Å². The Kier molecular flexibility index (Phi) is 8.29. The van der Waals surface area contributed by atoms with Crippen molar-refractivity contribution in [1.82, 2.24) is 5.32 Å². The van der Waals surface area contributed by atoms with Crippen LogP contribution in [0.3, 0.4) is 0 Å². The molecule has 0 saturated carbocycles. The molecule has 0 heterocycles. The molecule has 0 amide bonds. The van der Waals surface area contributed by atoms with Crippen LogP contribution in [0.25, 0.3) is 0 Å². The zero-order valence-electron chi connectivity index (χ0n) is 6.21. The van der Waals surface area contributed by atoms with Crippen LogP contribution in [-0.2, 0) is 0 Å². The summed E-state index contributed by atoms with van der Waals surface area (Å²) < 4.78 is 0. The third-order valence-corrected chi connectivity index (χ3v) is 1.09. The summed E-state index contributed by atoms with van der Waals surface area (Å²) in [4.78, 5) is 0. The van der Waals surface area contributed by atoms with Gasteiger partial charge in [0, 0.05) is 6.54 Å². The molecule has 4 N–H and O–H groups in total. The van der Waals surface area contributed by atoms with Crippen LogP contribution in [0.1, 0.15) is 6.42 Å². The maximum absolute atomic E-state index is 8.33. The predicted molar refractivity (Wildman–Crippen MR) is 42.8 cm³/mol. The summed E-state index contributed by atoms with van der Waals surface area (Å²) in [5.41, 5.74) is 5.27. The molecule has 0 atom stereocenters. The molecular formula is C7H16N2O. The minimum Gasteiger partial charge on any atom is -0.392 e. The number of hydrogen-bond donors (Lipinski definition) is 3. The van der Waals surface area contributed by atoms with E-state index in [1.54, 1.807) is 6.08 Å². The molecule has 0 bridgehead atoms. The van der Waals surface area contributed by atoms with Crippen molar-refractivity contribution in [2.45, 2.75) is 6.42 Å². The van der Waals surface area contributed by atoms with Gasteiger partial charge in [0.05, 0.1) is 6.61 Å². The lowest BCUT2D eigenvalue weighted by atomic mass is 10.4. The monoisotopic (exact) mass is 144 g/mol. The zero-order chi connectivity index (χ0) is 7.66. The van der Waals surface area contributed by atoms with Gasteiger partial charge in [0.25, 0.3) is 0 Å². The van der Waals surface area contributed by atoms with Crippen LogP contribution in [-0.4, -0.2) is 31.3 Å². The Morgan fingerprint density at radius 3 is 2.80 bits per heavy atom. The summed E-state index contributed by atoms with van der Waals surface area (Å²) in [6.07, 6.45) is 4.62. The van der Waals surface area contributed by atoms with Crippen molar-refractivity contribution < 1.29 is 5.11 Å². The van der Waals surface area contributed by atoms with Crippen molar-refractivity contribution in [2.24, 2.45) is 5.73 Å². The summed E-state index contributed by atoms with van der Waals surface area (Å²) in [6.45, 7) is 2.63. The number of rotatable bonds is 6. The highest BCUT2D eigenvalue weighted by Crippen LogP contribution is 1.71. The number of hydrogen-bond acceptors (Lipinski definition) is 3. The second-order valence-corrected chi connectivity index (χ2v) is 2.00. The van der Waals surface area contributed by atoms with E-state index in [1.165, 1.54) is 0 Å². The third-order valence-electron chi connectivity index (χ3n) is 1.09. The molecule has 0 aliphatic carbocycles. The van der Waals surface area contributed by atoms with E-state index in [0.29, 0.717) is 0 Å². The minimum absolute atomic E-state index is 0.124. The van der Waals surface area contributed by atoms with Crippen molar-refractivity contribution in [3.63, 3.8) is 0 Å². The Balaban J connectivity index is 2.83. The molecule has 3 nitrogen and oxygen atoms in total. The van der Waals surface area contributed by atoms with E-state index < -0.39 is 0 Å². The van der Waals surface area contributed by atoms with Crippen LogP contribution >= 0.6 is 0 Å². The van der Waals surface area contributed by atoms with E-state index in [1.807, 2.05) is 6.08 Å². The lowest BCUT2D eigenvalue weighted by molar-refractivity contribution is 0.342. The van der Waals surface area contributed by atoms with Gasteiger partial charge in [-0.1, -0.05) is 12.2 Å². The number of nitrogens with one attached hydrogen (secondary N) is 1. The number of aliphatic hydroxyl groups excluding tert-OH is 1. The first-order chi connectivity index (χ1) is 4.91. The van der Waals surface area contributed by atoms with Gasteiger partial charge >= 0.3 is 0 Å². The van der Waals surface area contributed by atoms with Gasteiger partial charge in [-0.05, 0) is 19.5 Å². The SMILES string of the molecule is NCCCNCC=CCO. The van der Waals surface area contributed by atoms with Crippen LogP contribution in [0.2, 0.25) is 0 Å². The molecule has 0 aliphatic rings. The topological polar surface area (TPSA) is 58.3 Å². The lowest BCUT2D eigenvalue weighted by Gasteiger charge is -1.97. The Morgan fingerprint density at radius 2 is 2.20 bits per heavy atom. The molecule has 60 valence electrons. The highest BCUT2D eigenvalue weighted by atomic mass is 16.2. The summed E-state index contributed by atoms with van der Waals surface area (Å²) in [5, 5.41) is 11.5. The molecule has 10 heavy (non-hydrogen) atoms. The maximum atomic E-state index is 8.33. The third kappa shape index (κ3) is 7.62. The maximum Gasteiger partial charge on any atom is 0.0612 e. The molecule has 0 spiro atoms. The van der Waals surface area contributed by atoms with Gasteiger partial charge in [-0.3, -0.25) is 0 Å². The fourth-order valence-corrected chi connectivity index (χ4v) is 0.570. The molecule has 0 radical (unpaired) electrons. The predicted octanol–water partition coefficient (Wildman–Crippen LogP) is -0.527. The van der Waals surface area contributed by atoms with Crippen molar-refractivity contribution >= 4 is 0 Å². The van der Waals surface area contributed by atoms with Crippen LogP contribution in [0.5, 0.6) is 0 Å². The van der Waals surface area contributed by atoms with Crippen molar-refractivity contribution in [3.8, 4) is 0 Å². The molecule has 0 unspecified atom stereocenters. The summed E-state index contributed by atoms with van der Waals surface area (Å²) in [6, 6.07) is 0. The zero-order valence-corrected chi connectivity index (χ0v) is 6.21. The molecule has 0 aromatic carbocycles. The second-order valence-electron chi connectivity index (χ2n) is 2.00. The summed E-state index contributed by atoms with van der Waals surface area (Å²) >= 11 is 0. The number of aliphatic hydroxyl groups is 1. The van der Waals surface area contributed by atoms with Crippen molar-refractivity contribution in [1.29, 1.82) is 0 Å². The van der Waals surface area contributed by atoms with Crippen molar-refractivity contribution in [2.75, 3.05) is 26.2 Å². The van der Waals surface area contributed by atoms with Gasteiger partial charge in [-0.2, -0.15) is 0 Å². The molecular weight excluding hydrogens is 128 g/mol. The Bertz CT molecular complexity index is 83.7. The first-order valence-electron chi connectivity index (χ1n) is 3.58. The van der Waals surface area contributed by atoms with Gasteiger partial charge in [0.2, 0.25) is 0 Å². The van der Waals surface area contributed by atoms with Crippen LogP contribution in [0, 0.1) is 0 Å². The molecule has 3 heteroatoms. The molecule has 0 aromatic heterocycles. The van der Waals surface area contributed by atoms with Crippen LogP contribution in [0.4, 0.5) is 0 Å². The summed E-state index contributed by atoms with van der Waals surface area (Å²) in [7, 11) is 0. The quantitative estimate of drug-likeness (QED) is 0.347. The number of nitrogens with two attached hydrogens (primary N) is 1. The standard InChI is InChI=1S/C7H16N2O/c8-4-3-6-9-5-1-2-7-10/h1-2,9-10H,3-8H2. The highest BCUT2D eigenvalue weighted by Gasteiger charge is 1.80.